The zero-order valence-electron chi connectivity index (χ0n) is 13.0. The third-order valence-corrected chi connectivity index (χ3v) is 4.45. The number of nitrogens with zero attached hydrogens (tertiary/aromatic N) is 3. The molecule has 0 saturated carbocycles. The van der Waals surface area contributed by atoms with Crippen molar-refractivity contribution in [1.29, 1.82) is 0 Å². The lowest BCUT2D eigenvalue weighted by Gasteiger charge is -2.10. The molecule has 0 fully saturated rings. The molecule has 1 aliphatic rings. The summed E-state index contributed by atoms with van der Waals surface area (Å²) >= 11 is 0. The van der Waals surface area contributed by atoms with E-state index in [9.17, 15) is 0 Å². The molecule has 24 heavy (non-hydrogen) atoms. The van der Waals surface area contributed by atoms with Crippen LogP contribution in [-0.2, 0) is 6.42 Å². The minimum Gasteiger partial charge on any atom is -0.493 e. The average molecular weight is 313 g/mol. The van der Waals surface area contributed by atoms with Gasteiger partial charge in [-0.1, -0.05) is 6.07 Å². The monoisotopic (exact) mass is 313 g/mol. The summed E-state index contributed by atoms with van der Waals surface area (Å²) < 4.78 is 7.71. The molecule has 0 amide bonds. The first-order valence-corrected chi connectivity index (χ1v) is 8.03. The fraction of sp³-hybridized carbons (Fsp3) is 0.100. The van der Waals surface area contributed by atoms with Crippen molar-refractivity contribution in [3.8, 4) is 22.8 Å². The largest absolute Gasteiger partial charge is 0.493 e. The molecule has 1 aliphatic heterocycles. The Bertz CT molecular complexity index is 1050. The van der Waals surface area contributed by atoms with Crippen LogP contribution in [0.2, 0.25) is 0 Å². The van der Waals surface area contributed by atoms with Crippen LogP contribution in [-0.4, -0.2) is 21.1 Å². The Labute approximate surface area is 139 Å². The number of aromatic nitrogens is 3. The van der Waals surface area contributed by atoms with E-state index in [2.05, 4.69) is 44.9 Å². The van der Waals surface area contributed by atoms with Crippen LogP contribution in [0, 0.1) is 0 Å². The van der Waals surface area contributed by atoms with Gasteiger partial charge in [0.25, 0.3) is 0 Å². The van der Waals surface area contributed by atoms with Gasteiger partial charge in [-0.3, -0.25) is 9.55 Å². The Morgan fingerprint density at radius 2 is 1.96 bits per heavy atom. The summed E-state index contributed by atoms with van der Waals surface area (Å²) in [6.07, 6.45) is 6.62. The number of rotatable bonds is 2. The van der Waals surface area contributed by atoms with E-state index in [1.165, 1.54) is 5.56 Å². The lowest BCUT2D eigenvalue weighted by molar-refractivity contribution is 0.357. The molecular formula is C20H15N3O. The van der Waals surface area contributed by atoms with E-state index in [0.717, 1.165) is 46.8 Å². The fourth-order valence-electron chi connectivity index (χ4n) is 3.26. The van der Waals surface area contributed by atoms with E-state index in [0.29, 0.717) is 0 Å². The number of hydrogen-bond acceptors (Lipinski definition) is 3. The maximum atomic E-state index is 5.60. The van der Waals surface area contributed by atoms with Crippen LogP contribution in [0.5, 0.6) is 5.75 Å². The number of hydrogen-bond donors (Lipinski definition) is 0. The summed E-state index contributed by atoms with van der Waals surface area (Å²) in [6.45, 7) is 0.769. The Morgan fingerprint density at radius 1 is 0.958 bits per heavy atom. The predicted molar refractivity (Wildman–Crippen MR) is 93.5 cm³/mol. The third-order valence-electron chi connectivity index (χ3n) is 4.45. The maximum absolute atomic E-state index is 5.60. The van der Waals surface area contributed by atoms with Gasteiger partial charge in [-0.05, 0) is 48.0 Å². The predicted octanol–water partition coefficient (Wildman–Crippen LogP) is 4.02. The lowest BCUT2D eigenvalue weighted by Crippen LogP contribution is -1.97. The molecule has 4 aromatic rings. The van der Waals surface area contributed by atoms with Gasteiger partial charge < -0.3 is 4.74 Å². The quantitative estimate of drug-likeness (QED) is 0.561. The molecule has 4 nitrogen and oxygen atoms in total. The molecule has 0 spiro atoms. The van der Waals surface area contributed by atoms with Gasteiger partial charge in [0.2, 0.25) is 0 Å². The topological polar surface area (TPSA) is 39.9 Å². The van der Waals surface area contributed by atoms with Crippen molar-refractivity contribution in [3.05, 3.63) is 72.7 Å². The highest BCUT2D eigenvalue weighted by Crippen LogP contribution is 2.31. The van der Waals surface area contributed by atoms with Crippen molar-refractivity contribution < 1.29 is 4.74 Å². The molecule has 0 saturated heterocycles. The van der Waals surface area contributed by atoms with Gasteiger partial charge in [0.05, 0.1) is 12.1 Å². The molecule has 4 heteroatoms. The third kappa shape index (κ3) is 2.07. The average Bonchev–Trinajstić information content (AvgIpc) is 3.29. The number of benzene rings is 2. The molecule has 5 rings (SSSR count). The number of ether oxygens (including phenoxy) is 1. The first-order valence-electron chi connectivity index (χ1n) is 8.03. The molecule has 0 bridgehead atoms. The molecule has 0 radical (unpaired) electrons. The lowest BCUT2D eigenvalue weighted by atomic mass is 10.1. The van der Waals surface area contributed by atoms with Gasteiger partial charge in [-0.25, -0.2) is 4.98 Å². The second-order valence-electron chi connectivity index (χ2n) is 5.92. The highest BCUT2D eigenvalue weighted by Gasteiger charge is 2.15. The van der Waals surface area contributed by atoms with Crippen LogP contribution in [0.4, 0.5) is 0 Å². The van der Waals surface area contributed by atoms with Crippen molar-refractivity contribution in [1.82, 2.24) is 14.5 Å². The molecule has 0 atom stereocenters. The molecule has 116 valence electrons. The maximum Gasteiger partial charge on any atom is 0.144 e. The molecule has 3 heterocycles. The van der Waals surface area contributed by atoms with Gasteiger partial charge in [0.15, 0.2) is 0 Å². The minimum atomic E-state index is 0.769. The standard InChI is InChI=1S/C20H15N3O/c1-2-14-13-17(4-5-18(14)21-8-1)23-10-9-22-20(23)16-3-6-19-15(12-16)7-11-24-19/h1-6,8-10,12-13H,7,11H2. The summed E-state index contributed by atoms with van der Waals surface area (Å²) in [6, 6.07) is 16.6. The van der Waals surface area contributed by atoms with E-state index < -0.39 is 0 Å². The zero-order chi connectivity index (χ0) is 15.9. The first kappa shape index (κ1) is 13.3. The number of imidazole rings is 1. The summed E-state index contributed by atoms with van der Waals surface area (Å²) in [7, 11) is 0. The van der Waals surface area contributed by atoms with Gasteiger partial charge in [-0.2, -0.15) is 0 Å². The van der Waals surface area contributed by atoms with Crippen LogP contribution in [0.3, 0.4) is 0 Å². The van der Waals surface area contributed by atoms with Crippen molar-refractivity contribution in [3.63, 3.8) is 0 Å². The second kappa shape index (κ2) is 5.20. The molecular weight excluding hydrogens is 298 g/mol. The summed E-state index contributed by atoms with van der Waals surface area (Å²) in [5.41, 5.74) is 4.44. The first-order chi connectivity index (χ1) is 11.9. The molecule has 0 unspecified atom stereocenters. The summed E-state index contributed by atoms with van der Waals surface area (Å²) in [5, 5.41) is 1.12. The smallest absolute Gasteiger partial charge is 0.144 e. The van der Waals surface area contributed by atoms with E-state index in [-0.39, 0.29) is 0 Å². The van der Waals surface area contributed by atoms with E-state index in [1.54, 1.807) is 0 Å². The Kier molecular flexibility index (Phi) is 2.88. The van der Waals surface area contributed by atoms with Gasteiger partial charge in [0.1, 0.15) is 11.6 Å². The van der Waals surface area contributed by atoms with Crippen LogP contribution < -0.4 is 4.74 Å². The van der Waals surface area contributed by atoms with Crippen LogP contribution in [0.25, 0.3) is 28.0 Å². The van der Waals surface area contributed by atoms with E-state index >= 15 is 0 Å². The molecule has 2 aromatic carbocycles. The Morgan fingerprint density at radius 3 is 2.96 bits per heavy atom. The number of fused-ring (bicyclic) bond motifs is 2. The summed E-state index contributed by atoms with van der Waals surface area (Å²) in [4.78, 5) is 8.96. The van der Waals surface area contributed by atoms with Crippen LogP contribution >= 0.6 is 0 Å². The van der Waals surface area contributed by atoms with Crippen molar-refractivity contribution >= 4 is 10.9 Å². The van der Waals surface area contributed by atoms with Gasteiger partial charge in [-0.15, -0.1) is 0 Å². The molecule has 0 N–H and O–H groups in total. The van der Waals surface area contributed by atoms with Gasteiger partial charge >= 0.3 is 0 Å². The Hall–Kier alpha value is -3.14. The van der Waals surface area contributed by atoms with Gasteiger partial charge in [0, 0.05) is 41.6 Å². The normalized spacial score (nSPS) is 13.0. The highest BCUT2D eigenvalue weighted by atomic mass is 16.5. The molecule has 0 aliphatic carbocycles. The van der Waals surface area contributed by atoms with Crippen molar-refractivity contribution in [2.75, 3.05) is 6.61 Å². The van der Waals surface area contributed by atoms with Crippen molar-refractivity contribution in [2.24, 2.45) is 0 Å². The molecule has 2 aromatic heterocycles. The summed E-state index contributed by atoms with van der Waals surface area (Å²) in [5.74, 6) is 1.93. The fourth-order valence-corrected chi connectivity index (χ4v) is 3.26. The van der Waals surface area contributed by atoms with Crippen molar-refractivity contribution in [2.45, 2.75) is 6.42 Å². The van der Waals surface area contributed by atoms with E-state index in [1.807, 2.05) is 36.8 Å². The van der Waals surface area contributed by atoms with E-state index in [4.69, 9.17) is 4.74 Å². The van der Waals surface area contributed by atoms with Crippen LogP contribution in [0.15, 0.2) is 67.1 Å². The minimum absolute atomic E-state index is 0.769. The number of pyridine rings is 1. The highest BCUT2D eigenvalue weighted by molar-refractivity contribution is 5.81. The SMILES string of the molecule is c1cnc2ccc(-n3ccnc3-c3ccc4c(c3)CCO4)cc2c1. The Balaban J connectivity index is 1.64. The zero-order valence-corrected chi connectivity index (χ0v) is 13.0. The van der Waals surface area contributed by atoms with Crippen LogP contribution in [0.1, 0.15) is 5.56 Å². The second-order valence-corrected chi connectivity index (χ2v) is 5.92.